The molecule has 0 N–H and O–H groups in total. The molecule has 7 unspecified atom stereocenters. The summed E-state index contributed by atoms with van der Waals surface area (Å²) in [5.74, 6) is 0.560. The highest BCUT2D eigenvalue weighted by molar-refractivity contribution is 5.76. The summed E-state index contributed by atoms with van der Waals surface area (Å²) in [6.07, 6.45) is 7.61. The molecule has 0 aromatic heterocycles. The molecule has 2 saturated heterocycles. The first-order valence-corrected chi connectivity index (χ1v) is 11.4. The van der Waals surface area contributed by atoms with Gasteiger partial charge in [0.15, 0.2) is 0 Å². The lowest BCUT2D eigenvalue weighted by atomic mass is 9.69. The van der Waals surface area contributed by atoms with Gasteiger partial charge in [-0.05, 0) is 75.5 Å². The first kappa shape index (κ1) is 20.7. The van der Waals surface area contributed by atoms with E-state index < -0.39 is 11.7 Å². The van der Waals surface area contributed by atoms with Crippen LogP contribution in [0, 0.1) is 27.6 Å². The molecule has 2 heterocycles. The molecule has 4 bridgehead atoms. The van der Waals surface area contributed by atoms with Crippen LogP contribution in [0.3, 0.4) is 0 Å². The van der Waals surface area contributed by atoms with Crippen molar-refractivity contribution < 1.29 is 19.0 Å². The van der Waals surface area contributed by atoms with Gasteiger partial charge in [-0.15, -0.1) is 0 Å². The minimum absolute atomic E-state index is 0.118. The molecule has 0 amide bonds. The Balaban J connectivity index is 1.61. The van der Waals surface area contributed by atoms with Gasteiger partial charge in [0.05, 0.1) is 29.1 Å². The van der Waals surface area contributed by atoms with Gasteiger partial charge in [0.2, 0.25) is 6.29 Å². The van der Waals surface area contributed by atoms with E-state index in [9.17, 15) is 4.79 Å². The van der Waals surface area contributed by atoms with Crippen molar-refractivity contribution in [1.29, 1.82) is 0 Å². The van der Waals surface area contributed by atoms with Crippen LogP contribution in [0.15, 0.2) is 0 Å². The van der Waals surface area contributed by atoms with Crippen molar-refractivity contribution >= 4 is 5.97 Å². The van der Waals surface area contributed by atoms with Crippen LogP contribution in [0.25, 0.3) is 0 Å². The molecule has 160 valence electrons. The molecule has 2 aliphatic carbocycles. The van der Waals surface area contributed by atoms with Crippen molar-refractivity contribution in [2.24, 2.45) is 27.6 Å². The molecular weight excluding hydrogens is 352 g/mol. The fourth-order valence-electron chi connectivity index (χ4n) is 6.65. The molecule has 0 radical (unpaired) electrons. The fourth-order valence-corrected chi connectivity index (χ4v) is 6.65. The van der Waals surface area contributed by atoms with Crippen LogP contribution in [0.1, 0.15) is 93.4 Å². The van der Waals surface area contributed by atoms with Crippen LogP contribution in [-0.4, -0.2) is 30.6 Å². The summed E-state index contributed by atoms with van der Waals surface area (Å²) in [5, 5.41) is 0. The monoisotopic (exact) mass is 392 g/mol. The van der Waals surface area contributed by atoms with Gasteiger partial charge in [-0.3, -0.25) is 4.79 Å². The van der Waals surface area contributed by atoms with Crippen molar-refractivity contribution in [3.05, 3.63) is 0 Å². The minimum atomic E-state index is -0.526. The molecular formula is C24H40O4. The van der Waals surface area contributed by atoms with Gasteiger partial charge in [-0.1, -0.05) is 34.6 Å². The predicted molar refractivity (Wildman–Crippen MR) is 109 cm³/mol. The van der Waals surface area contributed by atoms with Crippen LogP contribution in [0.4, 0.5) is 0 Å². The van der Waals surface area contributed by atoms with Gasteiger partial charge in [-0.25, -0.2) is 0 Å². The second kappa shape index (κ2) is 6.44. The number of rotatable bonds is 6. The number of esters is 1. The van der Waals surface area contributed by atoms with Crippen LogP contribution in [-0.2, 0) is 19.0 Å². The Morgan fingerprint density at radius 2 is 1.86 bits per heavy atom. The standard InChI is InChI=1S/C24H40O4/c1-8-21(2,3)19(25)28-20(24(7)14-16-9-10-17(24)26-16)27-18-22(4,5)15-11-12-23(18,6)13-15/h15-18,20H,8-14H2,1-7H3. The maximum Gasteiger partial charge on any atom is 0.313 e. The summed E-state index contributed by atoms with van der Waals surface area (Å²) in [6.45, 7) is 15.3. The lowest BCUT2D eigenvalue weighted by Crippen LogP contribution is -2.52. The zero-order valence-electron chi connectivity index (χ0n) is 19.0. The largest absolute Gasteiger partial charge is 0.435 e. The number of carbonyl (C=O) groups is 1. The first-order valence-electron chi connectivity index (χ1n) is 11.4. The maximum absolute atomic E-state index is 13.0. The second-order valence-corrected chi connectivity index (χ2v) is 11.9. The van der Waals surface area contributed by atoms with Gasteiger partial charge in [0.25, 0.3) is 0 Å². The van der Waals surface area contributed by atoms with Crippen molar-refractivity contribution in [3.8, 4) is 0 Å². The molecule has 0 spiro atoms. The Kier molecular flexibility index (Phi) is 4.75. The summed E-state index contributed by atoms with van der Waals surface area (Å²) >= 11 is 0. The first-order chi connectivity index (χ1) is 12.9. The van der Waals surface area contributed by atoms with E-state index in [0.717, 1.165) is 25.7 Å². The van der Waals surface area contributed by atoms with Crippen molar-refractivity contribution in [3.63, 3.8) is 0 Å². The van der Waals surface area contributed by atoms with Crippen LogP contribution in [0.2, 0.25) is 0 Å². The summed E-state index contributed by atoms with van der Waals surface area (Å²) < 4.78 is 19.3. The third-order valence-corrected chi connectivity index (χ3v) is 9.10. The van der Waals surface area contributed by atoms with Crippen molar-refractivity contribution in [2.75, 3.05) is 0 Å². The number of carbonyl (C=O) groups excluding carboxylic acids is 1. The molecule has 4 fully saturated rings. The normalized spacial score (nSPS) is 44.8. The average Bonchev–Trinajstić information content (AvgIpc) is 3.35. The highest BCUT2D eigenvalue weighted by Crippen LogP contribution is 2.64. The number of hydrogen-bond acceptors (Lipinski definition) is 4. The fraction of sp³-hybridized carbons (Fsp3) is 0.958. The number of fused-ring (bicyclic) bond motifs is 4. The lowest BCUT2D eigenvalue weighted by Gasteiger charge is -2.47. The zero-order chi connectivity index (χ0) is 20.5. The zero-order valence-corrected chi connectivity index (χ0v) is 19.0. The van der Waals surface area contributed by atoms with E-state index in [0.29, 0.717) is 12.0 Å². The summed E-state index contributed by atoms with van der Waals surface area (Å²) in [4.78, 5) is 13.0. The quantitative estimate of drug-likeness (QED) is 0.443. The molecule has 7 atom stereocenters. The van der Waals surface area contributed by atoms with Gasteiger partial charge >= 0.3 is 5.97 Å². The third kappa shape index (κ3) is 2.96. The molecule has 28 heavy (non-hydrogen) atoms. The van der Waals surface area contributed by atoms with E-state index in [4.69, 9.17) is 14.2 Å². The van der Waals surface area contributed by atoms with Gasteiger partial charge in [0, 0.05) is 0 Å². The summed E-state index contributed by atoms with van der Waals surface area (Å²) in [5.41, 5.74) is -0.443. The van der Waals surface area contributed by atoms with Gasteiger partial charge < -0.3 is 14.2 Å². The van der Waals surface area contributed by atoms with E-state index in [2.05, 4.69) is 27.7 Å². The van der Waals surface area contributed by atoms with Crippen LogP contribution >= 0.6 is 0 Å². The van der Waals surface area contributed by atoms with Crippen LogP contribution < -0.4 is 0 Å². The molecule has 2 saturated carbocycles. The second-order valence-electron chi connectivity index (χ2n) is 11.9. The van der Waals surface area contributed by atoms with Crippen molar-refractivity contribution in [2.45, 2.75) is 118 Å². The molecule has 4 heteroatoms. The Morgan fingerprint density at radius 3 is 2.36 bits per heavy atom. The Hall–Kier alpha value is -0.610. The van der Waals surface area contributed by atoms with E-state index in [-0.39, 0.29) is 34.4 Å². The molecule has 4 nitrogen and oxygen atoms in total. The van der Waals surface area contributed by atoms with E-state index in [1.54, 1.807) is 0 Å². The topological polar surface area (TPSA) is 44.8 Å². The third-order valence-electron chi connectivity index (χ3n) is 9.10. The number of ether oxygens (including phenoxy) is 3. The Labute approximate surface area is 171 Å². The van der Waals surface area contributed by atoms with Gasteiger partial charge in [-0.2, -0.15) is 0 Å². The van der Waals surface area contributed by atoms with Gasteiger partial charge in [0.1, 0.15) is 0 Å². The molecule has 0 aromatic carbocycles. The SMILES string of the molecule is CCC(C)(C)C(=O)OC(OC1C2(C)CCC(C2)C1(C)C)C1(C)CC2CCC1O2. The average molecular weight is 393 g/mol. The molecule has 0 aromatic rings. The highest BCUT2D eigenvalue weighted by Gasteiger charge is 2.63. The highest BCUT2D eigenvalue weighted by atomic mass is 16.7. The molecule has 2 aliphatic heterocycles. The van der Waals surface area contributed by atoms with E-state index in [1.165, 1.54) is 19.3 Å². The smallest absolute Gasteiger partial charge is 0.313 e. The maximum atomic E-state index is 13.0. The van der Waals surface area contributed by atoms with E-state index in [1.807, 2.05) is 20.8 Å². The minimum Gasteiger partial charge on any atom is -0.435 e. The van der Waals surface area contributed by atoms with Crippen LogP contribution in [0.5, 0.6) is 0 Å². The Bertz CT molecular complexity index is 636. The summed E-state index contributed by atoms with van der Waals surface area (Å²) in [6, 6.07) is 0. The number of hydrogen-bond donors (Lipinski definition) is 0. The predicted octanol–water partition coefficient (Wildman–Crippen LogP) is 5.48. The van der Waals surface area contributed by atoms with E-state index >= 15 is 0 Å². The summed E-state index contributed by atoms with van der Waals surface area (Å²) in [7, 11) is 0. The van der Waals surface area contributed by atoms with Crippen molar-refractivity contribution in [1.82, 2.24) is 0 Å². The lowest BCUT2D eigenvalue weighted by molar-refractivity contribution is -0.264. The Morgan fingerprint density at radius 1 is 1.14 bits per heavy atom. The molecule has 4 aliphatic rings. The molecule has 4 rings (SSSR count).